The first-order valence-electron chi connectivity index (χ1n) is 2.96. The highest BCUT2D eigenvalue weighted by Crippen LogP contribution is 2.05. The topological polar surface area (TPSA) is 26.3 Å². The molecule has 0 aromatic heterocycles. The first kappa shape index (κ1) is 9.51. The number of alkyl halides is 1. The predicted octanol–water partition coefficient (Wildman–Crippen LogP) is 1.34. The molecule has 0 aromatic rings. The Hall–Kier alpha value is -0.490. The Morgan fingerprint density at radius 1 is 1.90 bits per heavy atom. The fourth-order valence-corrected chi connectivity index (χ4v) is 0.739. The van der Waals surface area contributed by atoms with Crippen LogP contribution in [-0.4, -0.2) is 17.4 Å². The molecule has 0 spiro atoms. The number of esters is 1. The lowest BCUT2D eigenvalue weighted by molar-refractivity contribution is -0.142. The second-order valence-corrected chi connectivity index (χ2v) is 2.73. The van der Waals surface area contributed by atoms with E-state index in [1.54, 1.807) is 6.92 Å². The van der Waals surface area contributed by atoms with Crippen LogP contribution in [0, 0.1) is 12.3 Å². The van der Waals surface area contributed by atoms with Crippen LogP contribution in [0.4, 0.5) is 0 Å². The molecule has 0 saturated carbocycles. The van der Waals surface area contributed by atoms with Crippen LogP contribution in [-0.2, 0) is 9.53 Å². The standard InChI is InChI=1S/C7H9BrO2/c1-3-5-6(8)7(9)10-4-2/h1,6H,4-5H2,2H3. The van der Waals surface area contributed by atoms with Gasteiger partial charge in [0.05, 0.1) is 6.61 Å². The maximum Gasteiger partial charge on any atom is 0.320 e. The molecule has 0 N–H and O–H groups in total. The molecule has 0 heterocycles. The molecule has 0 aliphatic carbocycles. The van der Waals surface area contributed by atoms with Gasteiger partial charge in [0.1, 0.15) is 4.83 Å². The SMILES string of the molecule is C#CCC(Br)C(=O)OCC. The molecule has 0 aliphatic heterocycles. The van der Waals surface area contributed by atoms with Gasteiger partial charge in [-0.1, -0.05) is 15.9 Å². The molecule has 10 heavy (non-hydrogen) atoms. The zero-order valence-electron chi connectivity index (χ0n) is 5.76. The summed E-state index contributed by atoms with van der Waals surface area (Å²) in [7, 11) is 0. The summed E-state index contributed by atoms with van der Waals surface area (Å²) in [6.07, 6.45) is 5.35. The largest absolute Gasteiger partial charge is 0.465 e. The fraction of sp³-hybridized carbons (Fsp3) is 0.571. The molecule has 0 bridgehead atoms. The van der Waals surface area contributed by atoms with Crippen LogP contribution in [0.5, 0.6) is 0 Å². The van der Waals surface area contributed by atoms with Crippen molar-refractivity contribution in [3.05, 3.63) is 0 Å². The minimum absolute atomic E-state index is 0.291. The van der Waals surface area contributed by atoms with E-state index in [4.69, 9.17) is 6.42 Å². The first-order valence-corrected chi connectivity index (χ1v) is 3.88. The Labute approximate surface area is 69.1 Å². The average molecular weight is 205 g/mol. The number of rotatable bonds is 3. The van der Waals surface area contributed by atoms with Crippen molar-refractivity contribution in [2.24, 2.45) is 0 Å². The number of hydrogen-bond donors (Lipinski definition) is 0. The van der Waals surface area contributed by atoms with E-state index in [1.807, 2.05) is 0 Å². The van der Waals surface area contributed by atoms with E-state index in [0.29, 0.717) is 13.0 Å². The van der Waals surface area contributed by atoms with Crippen molar-refractivity contribution in [3.8, 4) is 12.3 Å². The van der Waals surface area contributed by atoms with Gasteiger partial charge < -0.3 is 4.74 Å². The van der Waals surface area contributed by atoms with Gasteiger partial charge in [-0.3, -0.25) is 4.79 Å². The number of hydrogen-bond acceptors (Lipinski definition) is 2. The van der Waals surface area contributed by atoms with Gasteiger partial charge in [0.25, 0.3) is 0 Å². The van der Waals surface area contributed by atoms with Crippen LogP contribution in [0.3, 0.4) is 0 Å². The van der Waals surface area contributed by atoms with E-state index in [2.05, 4.69) is 26.6 Å². The maximum absolute atomic E-state index is 10.8. The van der Waals surface area contributed by atoms with Gasteiger partial charge in [-0.25, -0.2) is 0 Å². The highest BCUT2D eigenvalue weighted by molar-refractivity contribution is 9.10. The molecule has 3 heteroatoms. The van der Waals surface area contributed by atoms with Crippen molar-refractivity contribution >= 4 is 21.9 Å². The quantitative estimate of drug-likeness (QED) is 0.394. The summed E-state index contributed by atoms with van der Waals surface area (Å²) in [6, 6.07) is 0. The van der Waals surface area contributed by atoms with E-state index in [9.17, 15) is 4.79 Å². The van der Waals surface area contributed by atoms with Crippen LogP contribution >= 0.6 is 15.9 Å². The third-order valence-corrected chi connectivity index (χ3v) is 1.54. The Bertz CT molecular complexity index is 148. The van der Waals surface area contributed by atoms with Gasteiger partial charge in [-0.2, -0.15) is 0 Å². The molecular weight excluding hydrogens is 196 g/mol. The predicted molar refractivity (Wildman–Crippen MR) is 42.8 cm³/mol. The molecule has 0 fully saturated rings. The zero-order valence-corrected chi connectivity index (χ0v) is 7.35. The van der Waals surface area contributed by atoms with Crippen LogP contribution in [0.1, 0.15) is 13.3 Å². The lowest BCUT2D eigenvalue weighted by Gasteiger charge is -2.03. The van der Waals surface area contributed by atoms with Crippen molar-refractivity contribution in [2.75, 3.05) is 6.61 Å². The van der Waals surface area contributed by atoms with Crippen molar-refractivity contribution in [2.45, 2.75) is 18.2 Å². The Kier molecular flexibility index (Phi) is 5.05. The summed E-state index contributed by atoms with van der Waals surface area (Å²) in [5.41, 5.74) is 0. The number of ether oxygens (including phenoxy) is 1. The molecule has 0 aromatic carbocycles. The summed E-state index contributed by atoms with van der Waals surface area (Å²) >= 11 is 3.09. The van der Waals surface area contributed by atoms with Gasteiger partial charge >= 0.3 is 5.97 Å². The molecule has 2 nitrogen and oxygen atoms in total. The summed E-state index contributed by atoms with van der Waals surface area (Å²) in [5.74, 6) is 2.07. The molecule has 1 unspecified atom stereocenters. The second kappa shape index (κ2) is 5.31. The van der Waals surface area contributed by atoms with Crippen LogP contribution in [0.2, 0.25) is 0 Å². The molecule has 0 rings (SSSR count). The van der Waals surface area contributed by atoms with Crippen LogP contribution in [0.25, 0.3) is 0 Å². The minimum Gasteiger partial charge on any atom is -0.465 e. The summed E-state index contributed by atoms with van der Waals surface area (Å²) in [6.45, 7) is 2.15. The lowest BCUT2D eigenvalue weighted by Crippen LogP contribution is -2.16. The fourth-order valence-electron chi connectivity index (χ4n) is 0.419. The highest BCUT2D eigenvalue weighted by Gasteiger charge is 2.13. The molecule has 1 atom stereocenters. The highest BCUT2D eigenvalue weighted by atomic mass is 79.9. The van der Waals surface area contributed by atoms with Crippen molar-refractivity contribution in [1.82, 2.24) is 0 Å². The van der Waals surface area contributed by atoms with Crippen molar-refractivity contribution in [3.63, 3.8) is 0 Å². The van der Waals surface area contributed by atoms with Gasteiger partial charge in [-0.05, 0) is 6.92 Å². The third kappa shape index (κ3) is 3.52. The number of halogens is 1. The Morgan fingerprint density at radius 2 is 2.50 bits per heavy atom. The Morgan fingerprint density at radius 3 is 2.90 bits per heavy atom. The zero-order chi connectivity index (χ0) is 7.98. The van der Waals surface area contributed by atoms with E-state index < -0.39 is 0 Å². The monoisotopic (exact) mass is 204 g/mol. The molecule has 0 amide bonds. The van der Waals surface area contributed by atoms with Crippen LogP contribution < -0.4 is 0 Å². The second-order valence-electron chi connectivity index (χ2n) is 1.63. The summed E-state index contributed by atoms with van der Waals surface area (Å²) < 4.78 is 4.67. The number of carbonyl (C=O) groups excluding carboxylic acids is 1. The van der Waals surface area contributed by atoms with Gasteiger partial charge in [-0.15, -0.1) is 12.3 Å². The molecule has 56 valence electrons. The van der Waals surface area contributed by atoms with Gasteiger partial charge in [0.15, 0.2) is 0 Å². The van der Waals surface area contributed by atoms with Gasteiger partial charge in [0.2, 0.25) is 0 Å². The number of terminal acetylenes is 1. The summed E-state index contributed by atoms with van der Waals surface area (Å²) in [5, 5.41) is 0. The molecule has 0 aliphatic rings. The smallest absolute Gasteiger partial charge is 0.320 e. The van der Waals surface area contributed by atoms with E-state index in [1.165, 1.54) is 0 Å². The minimum atomic E-state index is -0.350. The third-order valence-electron chi connectivity index (χ3n) is 0.839. The van der Waals surface area contributed by atoms with E-state index in [0.717, 1.165) is 0 Å². The van der Waals surface area contributed by atoms with Crippen molar-refractivity contribution < 1.29 is 9.53 Å². The van der Waals surface area contributed by atoms with E-state index >= 15 is 0 Å². The molecule has 0 radical (unpaired) electrons. The van der Waals surface area contributed by atoms with Gasteiger partial charge in [0, 0.05) is 6.42 Å². The number of carbonyl (C=O) groups is 1. The molecule has 0 saturated heterocycles. The molecular formula is C7H9BrO2. The first-order chi connectivity index (χ1) is 4.72. The van der Waals surface area contributed by atoms with Crippen LogP contribution in [0.15, 0.2) is 0 Å². The van der Waals surface area contributed by atoms with E-state index in [-0.39, 0.29) is 10.8 Å². The average Bonchev–Trinajstić information content (AvgIpc) is 1.89. The normalized spacial score (nSPS) is 11.7. The Balaban J connectivity index is 3.62. The summed E-state index contributed by atoms with van der Waals surface area (Å²) in [4.78, 5) is 10.4. The van der Waals surface area contributed by atoms with Crippen molar-refractivity contribution in [1.29, 1.82) is 0 Å². The lowest BCUT2D eigenvalue weighted by atomic mass is 10.3. The maximum atomic E-state index is 10.8.